The van der Waals surface area contributed by atoms with Gasteiger partial charge in [-0.3, -0.25) is 0 Å². The molecule has 7 heteroatoms. The summed E-state index contributed by atoms with van der Waals surface area (Å²) in [5, 5.41) is 5.55. The summed E-state index contributed by atoms with van der Waals surface area (Å²) in [6, 6.07) is 6.33. The number of rotatable bonds is 5. The lowest BCUT2D eigenvalue weighted by Gasteiger charge is -2.23. The molecule has 21 heavy (non-hydrogen) atoms. The first-order valence-electron chi connectivity index (χ1n) is 6.66. The Hall–Kier alpha value is -1.76. The van der Waals surface area contributed by atoms with Gasteiger partial charge in [-0.2, -0.15) is 13.2 Å². The first kappa shape index (κ1) is 17.3. The van der Waals surface area contributed by atoms with Crippen molar-refractivity contribution in [2.45, 2.75) is 26.1 Å². The minimum absolute atomic E-state index is 0.0159. The number of hydrogen-bond donors (Lipinski definition) is 2. The number of alkyl halides is 3. The van der Waals surface area contributed by atoms with Crippen LogP contribution in [-0.2, 0) is 0 Å². The molecule has 0 aliphatic carbocycles. The third-order valence-electron chi connectivity index (χ3n) is 3.11. The SMILES string of the molecule is CCN(CC(F)(F)F)C(=O)Nc1cccc(C(C)NC)c1. The number of amides is 2. The molecule has 4 nitrogen and oxygen atoms in total. The van der Waals surface area contributed by atoms with Crippen molar-refractivity contribution in [1.29, 1.82) is 0 Å². The number of nitrogens with zero attached hydrogens (tertiary/aromatic N) is 1. The quantitative estimate of drug-likeness (QED) is 0.876. The van der Waals surface area contributed by atoms with Gasteiger partial charge in [0, 0.05) is 18.3 Å². The molecule has 0 heterocycles. The predicted octanol–water partition coefficient (Wildman–Crippen LogP) is 3.38. The second-order valence-electron chi connectivity index (χ2n) is 4.70. The normalized spacial score (nSPS) is 12.9. The molecular weight excluding hydrogens is 283 g/mol. The molecule has 1 rings (SSSR count). The summed E-state index contributed by atoms with van der Waals surface area (Å²) in [4.78, 5) is 12.6. The molecule has 0 saturated heterocycles. The van der Waals surface area contributed by atoms with Gasteiger partial charge in [0.2, 0.25) is 0 Å². The zero-order valence-electron chi connectivity index (χ0n) is 12.3. The van der Waals surface area contributed by atoms with E-state index in [1.54, 1.807) is 25.2 Å². The van der Waals surface area contributed by atoms with Crippen LogP contribution in [0.5, 0.6) is 0 Å². The Bertz CT molecular complexity index is 477. The second-order valence-corrected chi connectivity index (χ2v) is 4.70. The Kier molecular flexibility index (Phi) is 6.02. The molecule has 0 saturated carbocycles. The highest BCUT2D eigenvalue weighted by Gasteiger charge is 2.32. The van der Waals surface area contributed by atoms with Gasteiger partial charge in [-0.1, -0.05) is 12.1 Å². The Morgan fingerprint density at radius 2 is 2.05 bits per heavy atom. The number of nitrogens with one attached hydrogen (secondary N) is 2. The molecule has 2 amide bonds. The Balaban J connectivity index is 2.77. The molecule has 118 valence electrons. The van der Waals surface area contributed by atoms with Crippen molar-refractivity contribution in [3.63, 3.8) is 0 Å². The van der Waals surface area contributed by atoms with Crippen molar-refractivity contribution in [3.8, 4) is 0 Å². The molecule has 1 unspecified atom stereocenters. The molecule has 0 spiro atoms. The first-order chi connectivity index (χ1) is 9.76. The molecule has 1 atom stereocenters. The van der Waals surface area contributed by atoms with Crippen molar-refractivity contribution in [3.05, 3.63) is 29.8 Å². The number of urea groups is 1. The van der Waals surface area contributed by atoms with Crippen LogP contribution in [0.15, 0.2) is 24.3 Å². The van der Waals surface area contributed by atoms with E-state index >= 15 is 0 Å². The number of benzene rings is 1. The highest BCUT2D eigenvalue weighted by Crippen LogP contribution is 2.19. The van der Waals surface area contributed by atoms with Gasteiger partial charge < -0.3 is 15.5 Å². The molecule has 0 radical (unpaired) electrons. The third-order valence-corrected chi connectivity index (χ3v) is 3.11. The van der Waals surface area contributed by atoms with E-state index in [1.807, 2.05) is 13.0 Å². The maximum absolute atomic E-state index is 12.4. The average molecular weight is 303 g/mol. The Labute approximate surface area is 122 Å². The van der Waals surface area contributed by atoms with Gasteiger partial charge in [0.1, 0.15) is 6.54 Å². The molecule has 2 N–H and O–H groups in total. The first-order valence-corrected chi connectivity index (χ1v) is 6.66. The zero-order chi connectivity index (χ0) is 16.0. The predicted molar refractivity (Wildman–Crippen MR) is 76.2 cm³/mol. The molecule has 0 aliphatic rings. The standard InChI is InChI=1S/C14H20F3N3O/c1-4-20(9-14(15,16)17)13(21)19-12-7-5-6-11(8-12)10(2)18-3/h5-8,10,18H,4,9H2,1-3H3,(H,19,21). The maximum atomic E-state index is 12.4. The van der Waals surface area contributed by atoms with Crippen molar-refractivity contribution in [1.82, 2.24) is 10.2 Å². The van der Waals surface area contributed by atoms with Crippen LogP contribution in [0.4, 0.5) is 23.7 Å². The highest BCUT2D eigenvalue weighted by atomic mass is 19.4. The minimum atomic E-state index is -4.41. The number of hydrogen-bond acceptors (Lipinski definition) is 2. The second kappa shape index (κ2) is 7.31. The monoisotopic (exact) mass is 303 g/mol. The summed E-state index contributed by atoms with van der Waals surface area (Å²) in [6.45, 7) is 2.17. The third kappa shape index (κ3) is 5.63. The summed E-state index contributed by atoms with van der Waals surface area (Å²) in [7, 11) is 1.80. The van der Waals surface area contributed by atoms with Crippen LogP contribution in [0.25, 0.3) is 0 Å². The van der Waals surface area contributed by atoms with Crippen LogP contribution < -0.4 is 10.6 Å². The van der Waals surface area contributed by atoms with Crippen molar-refractivity contribution < 1.29 is 18.0 Å². The molecular formula is C14H20F3N3O. The van der Waals surface area contributed by atoms with E-state index in [-0.39, 0.29) is 12.6 Å². The van der Waals surface area contributed by atoms with Crippen LogP contribution in [0.1, 0.15) is 25.5 Å². The number of carbonyl (C=O) groups is 1. The summed E-state index contributed by atoms with van der Waals surface area (Å²) in [5.74, 6) is 0. The van der Waals surface area contributed by atoms with Crippen LogP contribution in [0, 0.1) is 0 Å². The van der Waals surface area contributed by atoms with Crippen LogP contribution in [0.3, 0.4) is 0 Å². The van der Waals surface area contributed by atoms with E-state index < -0.39 is 18.8 Å². The smallest absolute Gasteiger partial charge is 0.316 e. The van der Waals surface area contributed by atoms with Crippen LogP contribution >= 0.6 is 0 Å². The van der Waals surface area contributed by atoms with E-state index in [0.29, 0.717) is 10.6 Å². The fraction of sp³-hybridized carbons (Fsp3) is 0.500. The van der Waals surface area contributed by atoms with Gasteiger partial charge in [-0.05, 0) is 38.6 Å². The van der Waals surface area contributed by atoms with E-state index in [1.165, 1.54) is 6.92 Å². The fourth-order valence-corrected chi connectivity index (χ4v) is 1.80. The number of halogens is 3. The van der Waals surface area contributed by atoms with Crippen molar-refractivity contribution in [2.75, 3.05) is 25.5 Å². The van der Waals surface area contributed by atoms with Gasteiger partial charge >= 0.3 is 12.2 Å². The molecule has 0 aromatic heterocycles. The summed E-state index contributed by atoms with van der Waals surface area (Å²) in [5.41, 5.74) is 1.41. The lowest BCUT2D eigenvalue weighted by atomic mass is 10.1. The largest absolute Gasteiger partial charge is 0.406 e. The zero-order valence-corrected chi connectivity index (χ0v) is 12.3. The highest BCUT2D eigenvalue weighted by molar-refractivity contribution is 5.89. The van der Waals surface area contributed by atoms with E-state index in [2.05, 4.69) is 10.6 Å². The van der Waals surface area contributed by atoms with Gasteiger partial charge in [-0.15, -0.1) is 0 Å². The van der Waals surface area contributed by atoms with Gasteiger partial charge in [0.25, 0.3) is 0 Å². The van der Waals surface area contributed by atoms with Crippen molar-refractivity contribution >= 4 is 11.7 Å². The fourth-order valence-electron chi connectivity index (χ4n) is 1.80. The molecule has 1 aromatic rings. The molecule has 0 bridgehead atoms. The van der Waals surface area contributed by atoms with E-state index in [0.717, 1.165) is 5.56 Å². The summed E-state index contributed by atoms with van der Waals surface area (Å²) >= 11 is 0. The summed E-state index contributed by atoms with van der Waals surface area (Å²) in [6.07, 6.45) is -4.41. The van der Waals surface area contributed by atoms with E-state index in [9.17, 15) is 18.0 Å². The van der Waals surface area contributed by atoms with Gasteiger partial charge in [0.15, 0.2) is 0 Å². The molecule has 1 aromatic carbocycles. The summed E-state index contributed by atoms with van der Waals surface area (Å²) < 4.78 is 37.1. The molecule has 0 aliphatic heterocycles. The van der Waals surface area contributed by atoms with Crippen LogP contribution in [-0.4, -0.2) is 37.2 Å². The Morgan fingerprint density at radius 3 is 2.57 bits per heavy atom. The number of carbonyl (C=O) groups excluding carboxylic acids is 1. The topological polar surface area (TPSA) is 44.4 Å². The van der Waals surface area contributed by atoms with Gasteiger partial charge in [-0.25, -0.2) is 4.79 Å². The van der Waals surface area contributed by atoms with E-state index in [4.69, 9.17) is 0 Å². The Morgan fingerprint density at radius 1 is 1.38 bits per heavy atom. The maximum Gasteiger partial charge on any atom is 0.406 e. The average Bonchev–Trinajstić information content (AvgIpc) is 2.43. The van der Waals surface area contributed by atoms with Gasteiger partial charge in [0.05, 0.1) is 0 Å². The van der Waals surface area contributed by atoms with Crippen LogP contribution in [0.2, 0.25) is 0 Å². The lowest BCUT2D eigenvalue weighted by Crippen LogP contribution is -2.41. The lowest BCUT2D eigenvalue weighted by molar-refractivity contribution is -0.139. The number of anilines is 1. The van der Waals surface area contributed by atoms with Crippen molar-refractivity contribution in [2.24, 2.45) is 0 Å². The molecule has 0 fully saturated rings. The minimum Gasteiger partial charge on any atom is -0.316 e.